The van der Waals surface area contributed by atoms with Crippen LogP contribution in [0.25, 0.3) is 0 Å². The van der Waals surface area contributed by atoms with Crippen LogP contribution in [0.1, 0.15) is 38.4 Å². The van der Waals surface area contributed by atoms with Gasteiger partial charge >= 0.3 is 0 Å². The summed E-state index contributed by atoms with van der Waals surface area (Å²) in [5, 5.41) is 2.90. The molecule has 11 heteroatoms. The number of aryl methyl sites for hydroxylation is 3. The summed E-state index contributed by atoms with van der Waals surface area (Å²) in [5.74, 6) is 0.901. The number of hydrogen-bond donors (Lipinski definition) is 3. The average Bonchev–Trinajstić information content (AvgIpc) is 3.29. The minimum atomic E-state index is -0.267. The number of amides is 1. The molecule has 1 amide bonds. The standard InChI is InChI=1S/C27H29ClN6O3S/c1-16-7-8-34(32-12-19-5-4-6-20(10-19)37-15-21-13-31-27(28)38-21)26(36)22(16)11-25(35)30-14-23-17(2)9-24(29)33-18(23)3/h4-10,13,32H,11-12,14-15H2,1-3H3,(H2,29,33)(H,30,35). The molecule has 0 aliphatic heterocycles. The van der Waals surface area contributed by atoms with Crippen LogP contribution in [-0.2, 0) is 30.9 Å². The maximum atomic E-state index is 13.2. The van der Waals surface area contributed by atoms with Crippen LogP contribution < -0.4 is 26.8 Å². The molecular formula is C27H29ClN6O3S. The van der Waals surface area contributed by atoms with Gasteiger partial charge in [0.15, 0.2) is 4.47 Å². The molecule has 0 aliphatic carbocycles. The second-order valence-corrected chi connectivity index (χ2v) is 10.6. The molecule has 0 aliphatic rings. The number of nitrogens with zero attached hydrogens (tertiary/aromatic N) is 3. The largest absolute Gasteiger partial charge is 0.488 e. The summed E-state index contributed by atoms with van der Waals surface area (Å²) in [7, 11) is 0. The van der Waals surface area contributed by atoms with E-state index in [1.54, 1.807) is 18.5 Å². The van der Waals surface area contributed by atoms with E-state index in [4.69, 9.17) is 22.1 Å². The minimum Gasteiger partial charge on any atom is -0.488 e. The molecule has 0 bridgehead atoms. The Hall–Kier alpha value is -3.89. The van der Waals surface area contributed by atoms with Gasteiger partial charge in [0.25, 0.3) is 5.56 Å². The Morgan fingerprint density at radius 3 is 2.68 bits per heavy atom. The molecular weight excluding hydrogens is 524 g/mol. The van der Waals surface area contributed by atoms with E-state index in [1.807, 2.05) is 51.1 Å². The summed E-state index contributed by atoms with van der Waals surface area (Å²) in [6.45, 7) is 6.69. The third-order valence-corrected chi connectivity index (χ3v) is 7.15. The number of nitrogens with two attached hydrogens (primary N) is 1. The van der Waals surface area contributed by atoms with Gasteiger partial charge in [0.2, 0.25) is 5.91 Å². The molecule has 4 rings (SSSR count). The predicted molar refractivity (Wildman–Crippen MR) is 150 cm³/mol. The highest BCUT2D eigenvalue weighted by Crippen LogP contribution is 2.21. The number of aromatic nitrogens is 3. The van der Waals surface area contributed by atoms with Crippen molar-refractivity contribution in [1.82, 2.24) is 20.0 Å². The van der Waals surface area contributed by atoms with Crippen LogP contribution in [0.15, 0.2) is 53.6 Å². The quantitative estimate of drug-likeness (QED) is 0.271. The van der Waals surface area contributed by atoms with Gasteiger partial charge in [0, 0.05) is 30.2 Å². The zero-order valence-corrected chi connectivity index (χ0v) is 22.9. The lowest BCUT2D eigenvalue weighted by Crippen LogP contribution is -2.34. The van der Waals surface area contributed by atoms with Crippen molar-refractivity contribution in [2.45, 2.75) is 46.9 Å². The molecule has 4 N–H and O–H groups in total. The zero-order valence-electron chi connectivity index (χ0n) is 21.4. The smallest absolute Gasteiger partial charge is 0.272 e. The molecule has 0 fully saturated rings. The molecule has 3 aromatic heterocycles. The van der Waals surface area contributed by atoms with E-state index < -0.39 is 0 Å². The van der Waals surface area contributed by atoms with Crippen LogP contribution in [0.4, 0.5) is 5.82 Å². The van der Waals surface area contributed by atoms with Gasteiger partial charge in [-0.2, -0.15) is 0 Å². The fourth-order valence-electron chi connectivity index (χ4n) is 4.00. The SMILES string of the molecule is Cc1cc(N)nc(C)c1CNC(=O)Cc1c(C)ccn(NCc2cccc(OCc3cnc(Cl)s3)c2)c1=O. The Morgan fingerprint density at radius 1 is 1.13 bits per heavy atom. The zero-order chi connectivity index (χ0) is 27.2. The first kappa shape index (κ1) is 27.2. The first-order valence-electron chi connectivity index (χ1n) is 12.0. The lowest BCUT2D eigenvalue weighted by Gasteiger charge is -2.14. The maximum absolute atomic E-state index is 13.2. The average molecular weight is 553 g/mol. The second kappa shape index (κ2) is 12.1. The number of carbonyl (C=O) groups is 1. The normalized spacial score (nSPS) is 10.8. The molecule has 198 valence electrons. The van der Waals surface area contributed by atoms with Crippen LogP contribution in [0.2, 0.25) is 4.47 Å². The van der Waals surface area contributed by atoms with Gasteiger partial charge in [0.05, 0.1) is 17.8 Å². The van der Waals surface area contributed by atoms with Crippen molar-refractivity contribution >= 4 is 34.7 Å². The molecule has 9 nitrogen and oxygen atoms in total. The van der Waals surface area contributed by atoms with Gasteiger partial charge in [0.1, 0.15) is 18.2 Å². The monoisotopic (exact) mass is 552 g/mol. The molecule has 0 atom stereocenters. The number of rotatable bonds is 10. The van der Waals surface area contributed by atoms with Crippen LogP contribution in [0, 0.1) is 20.8 Å². The van der Waals surface area contributed by atoms with E-state index in [1.165, 1.54) is 16.0 Å². The summed E-state index contributed by atoms with van der Waals surface area (Å²) in [5.41, 5.74) is 13.4. The summed E-state index contributed by atoms with van der Waals surface area (Å²) < 4.78 is 7.72. The molecule has 38 heavy (non-hydrogen) atoms. The molecule has 0 unspecified atom stereocenters. The van der Waals surface area contributed by atoms with Gasteiger partial charge in [-0.15, -0.1) is 11.3 Å². The highest BCUT2D eigenvalue weighted by atomic mass is 35.5. The van der Waals surface area contributed by atoms with Gasteiger partial charge in [-0.3, -0.25) is 9.59 Å². The van der Waals surface area contributed by atoms with E-state index in [0.29, 0.717) is 41.3 Å². The molecule has 0 saturated carbocycles. The Labute approximate surface area is 229 Å². The van der Waals surface area contributed by atoms with Crippen LogP contribution >= 0.6 is 22.9 Å². The van der Waals surface area contributed by atoms with Gasteiger partial charge < -0.3 is 21.2 Å². The van der Waals surface area contributed by atoms with Crippen molar-refractivity contribution in [2.24, 2.45) is 0 Å². The highest BCUT2D eigenvalue weighted by molar-refractivity contribution is 7.15. The number of halogens is 1. The van der Waals surface area contributed by atoms with Crippen LogP contribution in [0.5, 0.6) is 5.75 Å². The van der Waals surface area contributed by atoms with E-state index in [-0.39, 0.29) is 17.9 Å². The van der Waals surface area contributed by atoms with Gasteiger partial charge in [-0.25, -0.2) is 14.6 Å². The number of pyridine rings is 2. The predicted octanol–water partition coefficient (Wildman–Crippen LogP) is 4.04. The van der Waals surface area contributed by atoms with Crippen molar-refractivity contribution < 1.29 is 9.53 Å². The van der Waals surface area contributed by atoms with Crippen LogP contribution in [-0.4, -0.2) is 20.6 Å². The summed E-state index contributed by atoms with van der Waals surface area (Å²) in [6, 6.07) is 11.2. The molecule has 4 aromatic rings. The van der Waals surface area contributed by atoms with E-state index in [2.05, 4.69) is 20.7 Å². The molecule has 3 heterocycles. The Bertz CT molecular complexity index is 1490. The van der Waals surface area contributed by atoms with Crippen molar-refractivity contribution in [1.29, 1.82) is 0 Å². The van der Waals surface area contributed by atoms with Crippen molar-refractivity contribution in [2.75, 3.05) is 11.2 Å². The number of carbonyl (C=O) groups excluding carboxylic acids is 1. The third-order valence-electron chi connectivity index (χ3n) is 6.06. The fourth-order valence-corrected chi connectivity index (χ4v) is 4.89. The van der Waals surface area contributed by atoms with Crippen molar-refractivity contribution in [3.05, 3.63) is 102 Å². The number of hydrogen-bond acceptors (Lipinski definition) is 8. The van der Waals surface area contributed by atoms with Crippen molar-refractivity contribution in [3.63, 3.8) is 0 Å². The number of anilines is 1. The first-order chi connectivity index (χ1) is 18.2. The van der Waals surface area contributed by atoms with E-state index in [0.717, 1.165) is 32.8 Å². The number of thiazole rings is 1. The highest BCUT2D eigenvalue weighted by Gasteiger charge is 2.14. The number of nitrogens with one attached hydrogen (secondary N) is 2. The number of ether oxygens (including phenoxy) is 1. The topological polar surface area (TPSA) is 124 Å². The lowest BCUT2D eigenvalue weighted by atomic mass is 10.1. The minimum absolute atomic E-state index is 0.0292. The van der Waals surface area contributed by atoms with Crippen LogP contribution in [0.3, 0.4) is 0 Å². The molecule has 1 aromatic carbocycles. The Morgan fingerprint density at radius 2 is 1.95 bits per heavy atom. The Balaban J connectivity index is 1.37. The first-order valence-corrected chi connectivity index (χ1v) is 13.2. The number of nitrogen functional groups attached to an aromatic ring is 1. The molecule has 0 spiro atoms. The fraction of sp³-hybridized carbons (Fsp3) is 0.259. The summed E-state index contributed by atoms with van der Waals surface area (Å²) >= 11 is 7.25. The van der Waals surface area contributed by atoms with E-state index in [9.17, 15) is 9.59 Å². The second-order valence-electron chi connectivity index (χ2n) is 8.88. The maximum Gasteiger partial charge on any atom is 0.272 e. The molecule has 0 radical (unpaired) electrons. The molecule has 0 saturated heterocycles. The summed E-state index contributed by atoms with van der Waals surface area (Å²) in [6.07, 6.45) is 3.33. The Kier molecular flexibility index (Phi) is 8.65. The lowest BCUT2D eigenvalue weighted by molar-refractivity contribution is -0.120. The summed E-state index contributed by atoms with van der Waals surface area (Å²) in [4.78, 5) is 35.1. The third kappa shape index (κ3) is 6.90. The van der Waals surface area contributed by atoms with Gasteiger partial charge in [-0.1, -0.05) is 23.7 Å². The van der Waals surface area contributed by atoms with Crippen molar-refractivity contribution in [3.8, 4) is 5.75 Å². The number of benzene rings is 1. The van der Waals surface area contributed by atoms with Gasteiger partial charge in [-0.05, 0) is 67.3 Å². The van der Waals surface area contributed by atoms with E-state index >= 15 is 0 Å².